The highest BCUT2D eigenvalue weighted by molar-refractivity contribution is 5.80. The van der Waals surface area contributed by atoms with Gasteiger partial charge in [-0.1, -0.05) is 30.3 Å². The predicted octanol–water partition coefficient (Wildman–Crippen LogP) is 2.44. The molecule has 0 spiro atoms. The number of rotatable bonds is 4. The Balaban J connectivity index is 2.07. The molecule has 4 nitrogen and oxygen atoms in total. The summed E-state index contributed by atoms with van der Waals surface area (Å²) in [6.07, 6.45) is 0. The summed E-state index contributed by atoms with van der Waals surface area (Å²) in [6.45, 7) is 8.71. The second kappa shape index (κ2) is 5.54. The van der Waals surface area contributed by atoms with E-state index in [0.29, 0.717) is 13.2 Å². The number of hydrogen-bond donors (Lipinski definition) is 1. The molecule has 110 valence electrons. The average Bonchev–Trinajstić information content (AvgIpc) is 2.86. The SMILES string of the molecule is C[C@@H](C(=O)NC(C)(C)c1ccccc1)C1(C)OCCO1. The van der Waals surface area contributed by atoms with E-state index < -0.39 is 11.3 Å². The van der Waals surface area contributed by atoms with Crippen LogP contribution in [0.4, 0.5) is 0 Å². The minimum absolute atomic E-state index is 0.0664. The lowest BCUT2D eigenvalue weighted by Gasteiger charge is -2.33. The second-order valence-corrected chi connectivity index (χ2v) is 5.91. The summed E-state index contributed by atoms with van der Waals surface area (Å²) in [5, 5.41) is 3.08. The zero-order chi connectivity index (χ0) is 14.8. The van der Waals surface area contributed by atoms with Gasteiger partial charge in [0.15, 0.2) is 5.79 Å². The van der Waals surface area contributed by atoms with Crippen molar-refractivity contribution in [3.63, 3.8) is 0 Å². The number of amides is 1. The minimum Gasteiger partial charge on any atom is -0.347 e. The molecule has 0 bridgehead atoms. The van der Waals surface area contributed by atoms with Crippen molar-refractivity contribution in [1.82, 2.24) is 5.32 Å². The molecule has 1 aromatic rings. The Hall–Kier alpha value is -1.39. The number of hydrogen-bond acceptors (Lipinski definition) is 3. The normalized spacial score (nSPS) is 19.6. The lowest BCUT2D eigenvalue weighted by molar-refractivity contribution is -0.184. The molecular weight excluding hydrogens is 254 g/mol. The smallest absolute Gasteiger partial charge is 0.228 e. The maximum atomic E-state index is 12.5. The van der Waals surface area contributed by atoms with Gasteiger partial charge < -0.3 is 14.8 Å². The molecule has 1 N–H and O–H groups in total. The minimum atomic E-state index is -0.823. The molecular formula is C16H23NO3. The van der Waals surface area contributed by atoms with Crippen molar-refractivity contribution in [2.24, 2.45) is 5.92 Å². The van der Waals surface area contributed by atoms with Crippen LogP contribution in [0.2, 0.25) is 0 Å². The van der Waals surface area contributed by atoms with Crippen molar-refractivity contribution in [1.29, 1.82) is 0 Å². The predicted molar refractivity (Wildman–Crippen MR) is 77.1 cm³/mol. The Bertz CT molecular complexity index is 464. The maximum absolute atomic E-state index is 12.5. The van der Waals surface area contributed by atoms with Crippen molar-refractivity contribution in [3.8, 4) is 0 Å². The largest absolute Gasteiger partial charge is 0.347 e. The summed E-state index contributed by atoms with van der Waals surface area (Å²) in [4.78, 5) is 12.5. The molecule has 1 aromatic carbocycles. The lowest BCUT2D eigenvalue weighted by atomic mass is 9.92. The molecule has 0 unspecified atom stereocenters. The monoisotopic (exact) mass is 277 g/mol. The molecule has 1 atom stereocenters. The molecule has 1 amide bonds. The van der Waals surface area contributed by atoms with Crippen LogP contribution in [0.25, 0.3) is 0 Å². The van der Waals surface area contributed by atoms with Gasteiger partial charge in [-0.2, -0.15) is 0 Å². The highest BCUT2D eigenvalue weighted by Crippen LogP contribution is 2.29. The first-order valence-electron chi connectivity index (χ1n) is 7.01. The number of carbonyl (C=O) groups excluding carboxylic acids is 1. The Labute approximate surface area is 120 Å². The highest BCUT2D eigenvalue weighted by Gasteiger charge is 2.42. The molecule has 0 saturated carbocycles. The molecule has 1 heterocycles. The molecule has 0 aliphatic carbocycles. The third-order valence-corrected chi connectivity index (χ3v) is 3.97. The van der Waals surface area contributed by atoms with Gasteiger partial charge >= 0.3 is 0 Å². The van der Waals surface area contributed by atoms with Gasteiger partial charge in [0.2, 0.25) is 5.91 Å². The van der Waals surface area contributed by atoms with Gasteiger partial charge in [0.1, 0.15) is 0 Å². The van der Waals surface area contributed by atoms with Crippen molar-refractivity contribution in [2.75, 3.05) is 13.2 Å². The molecule has 1 aliphatic heterocycles. The van der Waals surface area contributed by atoms with Crippen LogP contribution < -0.4 is 5.32 Å². The maximum Gasteiger partial charge on any atom is 0.228 e. The first kappa shape index (κ1) is 15.0. The summed E-state index contributed by atoms with van der Waals surface area (Å²) < 4.78 is 11.1. The first-order valence-corrected chi connectivity index (χ1v) is 7.01. The van der Waals surface area contributed by atoms with E-state index in [-0.39, 0.29) is 11.8 Å². The van der Waals surface area contributed by atoms with Crippen LogP contribution in [0.1, 0.15) is 33.3 Å². The Morgan fingerprint density at radius 1 is 1.25 bits per heavy atom. The van der Waals surface area contributed by atoms with Gasteiger partial charge in [-0.05, 0) is 33.3 Å². The van der Waals surface area contributed by atoms with Crippen LogP contribution in [0.5, 0.6) is 0 Å². The fraction of sp³-hybridized carbons (Fsp3) is 0.562. The van der Waals surface area contributed by atoms with Crippen molar-refractivity contribution < 1.29 is 14.3 Å². The van der Waals surface area contributed by atoms with E-state index in [1.807, 2.05) is 58.0 Å². The molecule has 0 radical (unpaired) electrons. The standard InChI is InChI=1S/C16H23NO3/c1-12(16(4)19-10-11-20-16)14(18)17-15(2,3)13-8-6-5-7-9-13/h5-9,12H,10-11H2,1-4H3,(H,17,18)/t12-/m0/s1. The quantitative estimate of drug-likeness (QED) is 0.919. The fourth-order valence-corrected chi connectivity index (χ4v) is 2.36. The summed E-state index contributed by atoms with van der Waals surface area (Å²) in [6, 6.07) is 9.92. The molecule has 1 fully saturated rings. The highest BCUT2D eigenvalue weighted by atomic mass is 16.7. The van der Waals surface area contributed by atoms with Crippen molar-refractivity contribution in [2.45, 2.75) is 39.0 Å². The van der Waals surface area contributed by atoms with E-state index >= 15 is 0 Å². The number of ether oxygens (including phenoxy) is 2. The molecule has 20 heavy (non-hydrogen) atoms. The van der Waals surface area contributed by atoms with E-state index in [2.05, 4.69) is 5.32 Å². The van der Waals surface area contributed by atoms with Crippen LogP contribution >= 0.6 is 0 Å². The zero-order valence-corrected chi connectivity index (χ0v) is 12.6. The third kappa shape index (κ3) is 3.02. The first-order chi connectivity index (χ1) is 9.35. The summed E-state index contributed by atoms with van der Waals surface area (Å²) in [7, 11) is 0. The van der Waals surface area contributed by atoms with Gasteiger partial charge in [-0.25, -0.2) is 0 Å². The van der Waals surface area contributed by atoms with Crippen molar-refractivity contribution >= 4 is 5.91 Å². The van der Waals surface area contributed by atoms with E-state index in [0.717, 1.165) is 5.56 Å². The second-order valence-electron chi connectivity index (χ2n) is 5.91. The van der Waals surface area contributed by atoms with E-state index in [1.54, 1.807) is 0 Å². The van der Waals surface area contributed by atoms with Gasteiger partial charge in [0.05, 0.1) is 24.7 Å². The van der Waals surface area contributed by atoms with Gasteiger partial charge in [-0.15, -0.1) is 0 Å². The van der Waals surface area contributed by atoms with Gasteiger partial charge in [0, 0.05) is 0 Å². The third-order valence-electron chi connectivity index (χ3n) is 3.97. The molecule has 2 rings (SSSR count). The number of nitrogens with one attached hydrogen (secondary N) is 1. The van der Waals surface area contributed by atoms with Crippen molar-refractivity contribution in [3.05, 3.63) is 35.9 Å². The summed E-state index contributed by atoms with van der Waals surface area (Å²) in [5.41, 5.74) is 0.639. The fourth-order valence-electron chi connectivity index (χ4n) is 2.36. The van der Waals surface area contributed by atoms with Crippen LogP contribution in [0, 0.1) is 5.92 Å². The van der Waals surface area contributed by atoms with E-state index in [1.165, 1.54) is 0 Å². The summed E-state index contributed by atoms with van der Waals surface area (Å²) >= 11 is 0. The Morgan fingerprint density at radius 2 is 1.80 bits per heavy atom. The van der Waals surface area contributed by atoms with Crippen LogP contribution in [0.15, 0.2) is 30.3 Å². The van der Waals surface area contributed by atoms with Crippen LogP contribution in [-0.2, 0) is 19.8 Å². The van der Waals surface area contributed by atoms with Crippen LogP contribution in [0.3, 0.4) is 0 Å². The average molecular weight is 277 g/mol. The zero-order valence-electron chi connectivity index (χ0n) is 12.6. The molecule has 4 heteroatoms. The summed E-state index contributed by atoms with van der Waals surface area (Å²) in [5.74, 6) is -1.26. The lowest BCUT2D eigenvalue weighted by Crippen LogP contribution is -2.49. The molecule has 1 saturated heterocycles. The molecule has 1 aliphatic rings. The van der Waals surface area contributed by atoms with E-state index in [9.17, 15) is 4.79 Å². The number of carbonyl (C=O) groups is 1. The number of benzene rings is 1. The van der Waals surface area contributed by atoms with Crippen LogP contribution in [-0.4, -0.2) is 24.9 Å². The van der Waals surface area contributed by atoms with E-state index in [4.69, 9.17) is 9.47 Å². The Morgan fingerprint density at radius 3 is 2.35 bits per heavy atom. The van der Waals surface area contributed by atoms with Gasteiger partial charge in [-0.3, -0.25) is 4.79 Å². The molecule has 0 aromatic heterocycles. The topological polar surface area (TPSA) is 47.6 Å². The van der Waals surface area contributed by atoms with Gasteiger partial charge in [0.25, 0.3) is 0 Å². The Kier molecular flexibility index (Phi) is 4.16.